The van der Waals surface area contributed by atoms with Gasteiger partial charge in [0, 0.05) is 23.3 Å². The molecule has 1 aromatic carbocycles. The minimum Gasteiger partial charge on any atom is -0.331 e. The van der Waals surface area contributed by atoms with Crippen molar-refractivity contribution in [2.24, 2.45) is 12.0 Å². The minimum atomic E-state index is 0.526. The van der Waals surface area contributed by atoms with E-state index >= 15 is 0 Å². The van der Waals surface area contributed by atoms with Gasteiger partial charge >= 0.3 is 0 Å². The number of anilines is 1. The molecule has 3 rings (SSSR count). The number of benzene rings is 1. The van der Waals surface area contributed by atoms with E-state index in [0.717, 1.165) is 16.9 Å². The van der Waals surface area contributed by atoms with E-state index in [9.17, 15) is 0 Å². The second-order valence-electron chi connectivity index (χ2n) is 5.38. The molecule has 110 valence electrons. The Morgan fingerprint density at radius 2 is 2.05 bits per heavy atom. The molecular weight excluding hydrogens is 298 g/mol. The molecule has 1 N–H and O–H groups in total. The van der Waals surface area contributed by atoms with Gasteiger partial charge in [-0.05, 0) is 56.5 Å². The molecule has 21 heavy (non-hydrogen) atoms. The zero-order chi connectivity index (χ0) is 14.8. The number of hydrogen-bond donors (Lipinski definition) is 1. The Kier molecular flexibility index (Phi) is 4.22. The Balaban J connectivity index is 1.87. The van der Waals surface area contributed by atoms with Crippen LogP contribution < -0.4 is 10.1 Å². The molecule has 0 spiro atoms. The average molecular weight is 317 g/mol. The first kappa shape index (κ1) is 14.5. The first-order valence-corrected chi connectivity index (χ1v) is 8.46. The number of fused-ring (bicyclic) bond motifs is 1. The van der Waals surface area contributed by atoms with Gasteiger partial charge in [-0.3, -0.25) is 0 Å². The average Bonchev–Trinajstić information content (AvgIpc) is 2.78. The third kappa shape index (κ3) is 3.09. The molecule has 0 fully saturated rings. The summed E-state index contributed by atoms with van der Waals surface area (Å²) in [5.41, 5.74) is 3.63. The second kappa shape index (κ2) is 6.12. The van der Waals surface area contributed by atoms with Gasteiger partial charge in [-0.2, -0.15) is 4.99 Å². The molecule has 2 aromatic rings. The van der Waals surface area contributed by atoms with Gasteiger partial charge in [0.05, 0.1) is 0 Å². The summed E-state index contributed by atoms with van der Waals surface area (Å²) in [6.45, 7) is 2.06. The molecule has 0 unspecified atom stereocenters. The molecule has 0 amide bonds. The summed E-state index contributed by atoms with van der Waals surface area (Å²) in [4.78, 5) is 7.07. The number of nitrogens with one attached hydrogen (secondary N) is 1. The fourth-order valence-corrected chi connectivity index (χ4v) is 4.12. The summed E-state index contributed by atoms with van der Waals surface area (Å²) < 4.78 is 2.20. The van der Waals surface area contributed by atoms with Crippen LogP contribution in [0.1, 0.15) is 29.0 Å². The van der Waals surface area contributed by atoms with Crippen LogP contribution in [-0.4, -0.2) is 9.68 Å². The number of aryl methyl sites for hydroxylation is 2. The van der Waals surface area contributed by atoms with Crippen molar-refractivity contribution < 1.29 is 0 Å². The quantitative estimate of drug-likeness (QED) is 0.815. The number of nitrogens with zero attached hydrogens (tertiary/aromatic N) is 2. The lowest BCUT2D eigenvalue weighted by molar-refractivity contribution is 0.644. The van der Waals surface area contributed by atoms with E-state index in [1.807, 2.05) is 18.2 Å². The Hall–Kier alpha value is -1.46. The largest absolute Gasteiger partial charge is 0.331 e. The number of thiazole rings is 1. The van der Waals surface area contributed by atoms with Crippen molar-refractivity contribution in [3.63, 3.8) is 0 Å². The van der Waals surface area contributed by atoms with Gasteiger partial charge in [-0.15, -0.1) is 11.3 Å². The highest BCUT2D eigenvalue weighted by atomic mass is 32.1. The van der Waals surface area contributed by atoms with Gasteiger partial charge in [0.25, 0.3) is 0 Å². The lowest BCUT2D eigenvalue weighted by atomic mass is 10.0. The highest BCUT2D eigenvalue weighted by Crippen LogP contribution is 2.22. The molecule has 0 aliphatic heterocycles. The van der Waals surface area contributed by atoms with Gasteiger partial charge in [0.2, 0.25) is 0 Å². The Morgan fingerprint density at radius 1 is 1.29 bits per heavy atom. The molecule has 0 saturated heterocycles. The maximum atomic E-state index is 5.39. The first-order valence-electron chi connectivity index (χ1n) is 7.24. The maximum absolute atomic E-state index is 5.39. The van der Waals surface area contributed by atoms with Crippen molar-refractivity contribution >= 4 is 34.4 Å². The summed E-state index contributed by atoms with van der Waals surface area (Å²) in [5.74, 6) is 0. The topological polar surface area (TPSA) is 29.3 Å². The predicted octanol–water partition coefficient (Wildman–Crippen LogP) is 3.57. The van der Waals surface area contributed by atoms with E-state index in [4.69, 9.17) is 12.2 Å². The summed E-state index contributed by atoms with van der Waals surface area (Å²) in [5, 5.41) is 3.75. The molecule has 0 saturated carbocycles. The molecular formula is C16H19N3S2. The van der Waals surface area contributed by atoms with E-state index in [-0.39, 0.29) is 0 Å². The predicted molar refractivity (Wildman–Crippen MR) is 92.9 cm³/mol. The minimum absolute atomic E-state index is 0.526. The Labute approximate surface area is 134 Å². The summed E-state index contributed by atoms with van der Waals surface area (Å²) in [7, 11) is 2.09. The molecule has 1 aromatic heterocycles. The van der Waals surface area contributed by atoms with E-state index in [2.05, 4.69) is 34.9 Å². The lowest BCUT2D eigenvalue weighted by Gasteiger charge is -2.11. The monoisotopic (exact) mass is 317 g/mol. The molecule has 0 bridgehead atoms. The van der Waals surface area contributed by atoms with Gasteiger partial charge in [0.15, 0.2) is 9.91 Å². The third-order valence-corrected chi connectivity index (χ3v) is 5.31. The maximum Gasteiger partial charge on any atom is 0.199 e. The molecule has 5 heteroatoms. The Bertz CT molecular complexity index is 740. The fourth-order valence-electron chi connectivity index (χ4n) is 2.66. The van der Waals surface area contributed by atoms with Crippen molar-refractivity contribution in [2.75, 3.05) is 5.32 Å². The Morgan fingerprint density at radius 3 is 2.81 bits per heavy atom. The van der Waals surface area contributed by atoms with Crippen LogP contribution in [0.25, 0.3) is 0 Å². The molecule has 0 radical (unpaired) electrons. The highest BCUT2D eigenvalue weighted by molar-refractivity contribution is 7.80. The van der Waals surface area contributed by atoms with E-state index in [1.165, 1.54) is 35.4 Å². The van der Waals surface area contributed by atoms with Crippen LogP contribution in [0.15, 0.2) is 29.3 Å². The fraction of sp³-hybridized carbons (Fsp3) is 0.375. The van der Waals surface area contributed by atoms with Crippen LogP contribution in [-0.2, 0) is 19.9 Å². The van der Waals surface area contributed by atoms with Crippen LogP contribution in [0.3, 0.4) is 0 Å². The van der Waals surface area contributed by atoms with Crippen LogP contribution in [0.4, 0.5) is 5.69 Å². The molecule has 1 aliphatic carbocycles. The third-order valence-electron chi connectivity index (χ3n) is 3.88. The zero-order valence-corrected chi connectivity index (χ0v) is 14.0. The molecule has 0 atom stereocenters. The summed E-state index contributed by atoms with van der Waals surface area (Å²) >= 11 is 7.17. The van der Waals surface area contributed by atoms with E-state index in [1.54, 1.807) is 11.3 Å². The van der Waals surface area contributed by atoms with Gasteiger partial charge in [0.1, 0.15) is 0 Å². The molecule has 1 heterocycles. The zero-order valence-electron chi connectivity index (χ0n) is 12.3. The van der Waals surface area contributed by atoms with Gasteiger partial charge in [-0.1, -0.05) is 18.2 Å². The number of aromatic nitrogens is 1. The van der Waals surface area contributed by atoms with Crippen LogP contribution >= 0.6 is 23.6 Å². The summed E-state index contributed by atoms with van der Waals surface area (Å²) in [6, 6.07) is 8.11. The molecule has 3 nitrogen and oxygen atoms in total. The van der Waals surface area contributed by atoms with E-state index < -0.39 is 0 Å². The SMILES string of the molecule is Cc1ccccc1NC(=S)N=c1sc2c(n1C)CCCC2. The van der Waals surface area contributed by atoms with Gasteiger partial charge < -0.3 is 9.88 Å². The number of para-hydroxylation sites is 1. The van der Waals surface area contributed by atoms with Crippen LogP contribution in [0.2, 0.25) is 0 Å². The molecule has 1 aliphatic rings. The smallest absolute Gasteiger partial charge is 0.199 e. The van der Waals surface area contributed by atoms with Crippen molar-refractivity contribution in [2.45, 2.75) is 32.6 Å². The highest BCUT2D eigenvalue weighted by Gasteiger charge is 2.15. The van der Waals surface area contributed by atoms with Crippen molar-refractivity contribution in [1.29, 1.82) is 0 Å². The number of rotatable bonds is 1. The van der Waals surface area contributed by atoms with Crippen molar-refractivity contribution in [3.8, 4) is 0 Å². The normalized spacial score (nSPS) is 14.9. The standard InChI is InChI=1S/C16H19N3S2/c1-11-7-3-4-8-12(11)17-15(20)18-16-19(2)13-9-5-6-10-14(13)21-16/h3-4,7-8H,5-6,9-10H2,1-2H3,(H,17,20). The first-order chi connectivity index (χ1) is 10.1. The summed E-state index contributed by atoms with van der Waals surface area (Å²) in [6.07, 6.45) is 4.92. The number of thiocarbonyl (C=S) groups is 1. The number of hydrogen-bond acceptors (Lipinski definition) is 2. The second-order valence-corrected chi connectivity index (χ2v) is 6.83. The van der Waals surface area contributed by atoms with Crippen LogP contribution in [0, 0.1) is 6.92 Å². The van der Waals surface area contributed by atoms with E-state index in [0.29, 0.717) is 5.11 Å². The lowest BCUT2D eigenvalue weighted by Crippen LogP contribution is -2.18. The van der Waals surface area contributed by atoms with Gasteiger partial charge in [-0.25, -0.2) is 0 Å². The van der Waals surface area contributed by atoms with Crippen molar-refractivity contribution in [3.05, 3.63) is 45.2 Å². The van der Waals surface area contributed by atoms with Crippen molar-refractivity contribution in [1.82, 2.24) is 4.57 Å². The van der Waals surface area contributed by atoms with Crippen LogP contribution in [0.5, 0.6) is 0 Å².